The fourth-order valence-corrected chi connectivity index (χ4v) is 4.05. The summed E-state index contributed by atoms with van der Waals surface area (Å²) in [5.41, 5.74) is 3.19. The number of urea groups is 1. The molecule has 2 amide bonds. The van der Waals surface area contributed by atoms with Crippen LogP contribution >= 0.6 is 0 Å². The molecule has 3 heterocycles. The molecule has 1 saturated heterocycles. The Morgan fingerprint density at radius 3 is 2.84 bits per heavy atom. The quantitative estimate of drug-likeness (QED) is 0.795. The smallest absolute Gasteiger partial charge is 0.317 e. The number of benzene rings is 1. The number of aromatic nitrogens is 2. The summed E-state index contributed by atoms with van der Waals surface area (Å²) >= 11 is 0. The van der Waals surface area contributed by atoms with Crippen LogP contribution in [0, 0.1) is 0 Å². The van der Waals surface area contributed by atoms with Gasteiger partial charge in [-0.1, -0.05) is 44.2 Å². The topological polar surface area (TPSA) is 76.6 Å². The number of hydrogen-bond acceptors (Lipinski definition) is 5. The molecule has 7 heteroatoms. The molecule has 31 heavy (non-hydrogen) atoms. The number of likely N-dealkylation sites (tertiary alicyclic amines) is 1. The molecule has 2 aliphatic rings. The molecule has 0 spiro atoms. The zero-order chi connectivity index (χ0) is 21.6. The molecule has 1 aromatic carbocycles. The van der Waals surface area contributed by atoms with Crippen LogP contribution < -0.4 is 10.1 Å². The molecular weight excluding hydrogens is 392 g/mol. The normalized spacial score (nSPS) is 18.9. The summed E-state index contributed by atoms with van der Waals surface area (Å²) < 4.78 is 12.1. The second kappa shape index (κ2) is 10.1. The lowest BCUT2D eigenvalue weighted by Gasteiger charge is -2.33. The number of fused-ring (bicyclic) bond motifs is 1. The molecule has 2 aromatic rings. The van der Waals surface area contributed by atoms with E-state index in [-0.39, 0.29) is 18.1 Å². The Morgan fingerprint density at radius 2 is 2.03 bits per heavy atom. The van der Waals surface area contributed by atoms with Gasteiger partial charge < -0.3 is 19.7 Å². The van der Waals surface area contributed by atoms with Gasteiger partial charge in [-0.15, -0.1) is 0 Å². The van der Waals surface area contributed by atoms with Crippen molar-refractivity contribution in [2.75, 3.05) is 26.3 Å². The number of ether oxygens (including phenoxy) is 2. The molecule has 7 nitrogen and oxygen atoms in total. The van der Waals surface area contributed by atoms with Crippen LogP contribution in [0.15, 0.2) is 30.3 Å². The highest BCUT2D eigenvalue weighted by molar-refractivity contribution is 5.74. The zero-order valence-electron chi connectivity index (χ0n) is 18.5. The standard InChI is InChI=1S/C24H32N4O3/c1-17(2)22-26-21-11-14-30-13-10-20(21)23(27-22)31-19-9-6-12-28(16-19)24(29)25-15-18-7-4-3-5-8-18/h3-5,7-8,17,19H,6,9-16H2,1-2H3,(H,25,29). The van der Waals surface area contributed by atoms with E-state index in [4.69, 9.17) is 19.4 Å². The van der Waals surface area contributed by atoms with Crippen LogP contribution in [0.3, 0.4) is 0 Å². The number of carbonyl (C=O) groups excluding carboxylic acids is 1. The second-order valence-electron chi connectivity index (χ2n) is 8.55. The maximum Gasteiger partial charge on any atom is 0.317 e. The fraction of sp³-hybridized carbons (Fsp3) is 0.542. The van der Waals surface area contributed by atoms with Crippen LogP contribution in [0.4, 0.5) is 4.79 Å². The van der Waals surface area contributed by atoms with Crippen molar-refractivity contribution < 1.29 is 14.3 Å². The molecule has 1 N–H and O–H groups in total. The molecule has 0 radical (unpaired) electrons. The van der Waals surface area contributed by atoms with Crippen LogP contribution in [-0.4, -0.2) is 53.3 Å². The number of hydrogen-bond donors (Lipinski definition) is 1. The lowest BCUT2D eigenvalue weighted by molar-refractivity contribution is 0.0959. The SMILES string of the molecule is CC(C)c1nc2c(c(OC3CCCN(C(=O)NCc4ccccc4)C3)n1)CCOCC2. The number of amides is 2. The summed E-state index contributed by atoms with van der Waals surface area (Å²) in [6, 6.07) is 9.91. The van der Waals surface area contributed by atoms with Gasteiger partial charge in [0.25, 0.3) is 0 Å². The second-order valence-corrected chi connectivity index (χ2v) is 8.55. The van der Waals surface area contributed by atoms with Gasteiger partial charge >= 0.3 is 6.03 Å². The first-order valence-corrected chi connectivity index (χ1v) is 11.3. The third-order valence-corrected chi connectivity index (χ3v) is 5.80. The number of rotatable bonds is 5. The van der Waals surface area contributed by atoms with E-state index in [1.165, 1.54) is 0 Å². The number of piperidine rings is 1. The Kier molecular flexibility index (Phi) is 7.02. The monoisotopic (exact) mass is 424 g/mol. The molecule has 4 rings (SSSR count). The van der Waals surface area contributed by atoms with Crippen molar-refractivity contribution in [3.63, 3.8) is 0 Å². The summed E-state index contributed by atoms with van der Waals surface area (Å²) in [4.78, 5) is 24.1. The van der Waals surface area contributed by atoms with Crippen molar-refractivity contribution in [2.24, 2.45) is 0 Å². The van der Waals surface area contributed by atoms with Crippen LogP contribution in [0.25, 0.3) is 0 Å². The van der Waals surface area contributed by atoms with Crippen LogP contribution in [0.1, 0.15) is 55.3 Å². The van der Waals surface area contributed by atoms with Crippen LogP contribution in [0.2, 0.25) is 0 Å². The summed E-state index contributed by atoms with van der Waals surface area (Å²) in [5.74, 6) is 1.71. The summed E-state index contributed by atoms with van der Waals surface area (Å²) in [6.45, 7) is 7.36. The van der Waals surface area contributed by atoms with Crippen molar-refractivity contribution >= 4 is 6.03 Å². The van der Waals surface area contributed by atoms with Gasteiger partial charge in [-0.3, -0.25) is 0 Å². The van der Waals surface area contributed by atoms with Crippen molar-refractivity contribution in [3.8, 4) is 5.88 Å². The molecule has 0 bridgehead atoms. The van der Waals surface area contributed by atoms with Crippen LogP contribution in [-0.2, 0) is 24.1 Å². The fourth-order valence-electron chi connectivity index (χ4n) is 4.05. The van der Waals surface area contributed by atoms with Crippen molar-refractivity contribution in [1.29, 1.82) is 0 Å². The molecule has 1 aromatic heterocycles. The lowest BCUT2D eigenvalue weighted by Crippen LogP contribution is -2.48. The Balaban J connectivity index is 1.43. The first-order valence-electron chi connectivity index (χ1n) is 11.3. The van der Waals surface area contributed by atoms with Gasteiger partial charge in [0.2, 0.25) is 5.88 Å². The van der Waals surface area contributed by atoms with E-state index in [1.54, 1.807) is 0 Å². The third-order valence-electron chi connectivity index (χ3n) is 5.80. The minimum atomic E-state index is -0.0700. The number of nitrogens with zero attached hydrogens (tertiary/aromatic N) is 3. The van der Waals surface area contributed by atoms with E-state index >= 15 is 0 Å². The minimum absolute atomic E-state index is 0.0464. The predicted molar refractivity (Wildman–Crippen MR) is 118 cm³/mol. The molecular formula is C24H32N4O3. The first-order chi connectivity index (χ1) is 15.1. The van der Waals surface area contributed by atoms with Crippen molar-refractivity contribution in [1.82, 2.24) is 20.2 Å². The average molecular weight is 425 g/mol. The molecule has 0 aliphatic carbocycles. The molecule has 166 valence electrons. The van der Waals surface area contributed by atoms with E-state index in [0.29, 0.717) is 32.2 Å². The highest BCUT2D eigenvalue weighted by Gasteiger charge is 2.27. The maximum absolute atomic E-state index is 12.7. The molecule has 0 saturated carbocycles. The molecule has 1 fully saturated rings. The van der Waals surface area contributed by atoms with Gasteiger partial charge in [0.15, 0.2) is 0 Å². The van der Waals surface area contributed by atoms with Gasteiger partial charge in [-0.25, -0.2) is 9.78 Å². The van der Waals surface area contributed by atoms with E-state index in [1.807, 2.05) is 35.2 Å². The predicted octanol–water partition coefficient (Wildman–Crippen LogP) is 3.47. The largest absolute Gasteiger partial charge is 0.472 e. The highest BCUT2D eigenvalue weighted by atomic mass is 16.5. The van der Waals surface area contributed by atoms with E-state index in [0.717, 1.165) is 54.9 Å². The van der Waals surface area contributed by atoms with E-state index < -0.39 is 0 Å². The Bertz CT molecular complexity index is 888. The average Bonchev–Trinajstić information content (AvgIpc) is 3.04. The minimum Gasteiger partial charge on any atom is -0.472 e. The van der Waals surface area contributed by atoms with Crippen molar-refractivity contribution in [3.05, 3.63) is 53.0 Å². The molecule has 1 unspecified atom stereocenters. The van der Waals surface area contributed by atoms with Gasteiger partial charge in [0.05, 0.1) is 25.5 Å². The van der Waals surface area contributed by atoms with Crippen molar-refractivity contribution in [2.45, 2.75) is 58.1 Å². The van der Waals surface area contributed by atoms with E-state index in [9.17, 15) is 4.79 Å². The summed E-state index contributed by atoms with van der Waals surface area (Å²) in [7, 11) is 0. The molecule has 2 aliphatic heterocycles. The van der Waals surface area contributed by atoms with Gasteiger partial charge in [0, 0.05) is 37.4 Å². The Hall–Kier alpha value is -2.67. The maximum atomic E-state index is 12.7. The summed E-state index contributed by atoms with van der Waals surface area (Å²) in [6.07, 6.45) is 3.30. The molecule has 1 atom stereocenters. The van der Waals surface area contributed by atoms with E-state index in [2.05, 4.69) is 19.2 Å². The summed E-state index contributed by atoms with van der Waals surface area (Å²) in [5, 5.41) is 3.02. The Morgan fingerprint density at radius 1 is 1.23 bits per heavy atom. The van der Waals surface area contributed by atoms with Crippen LogP contribution in [0.5, 0.6) is 5.88 Å². The Labute approximate surface area is 184 Å². The third kappa shape index (κ3) is 5.53. The first kappa shape index (κ1) is 21.6. The lowest BCUT2D eigenvalue weighted by atomic mass is 10.1. The number of carbonyl (C=O) groups is 1. The van der Waals surface area contributed by atoms with Gasteiger partial charge in [-0.05, 0) is 18.4 Å². The van der Waals surface area contributed by atoms with Gasteiger partial charge in [0.1, 0.15) is 11.9 Å². The zero-order valence-corrected chi connectivity index (χ0v) is 18.5. The number of nitrogens with one attached hydrogen (secondary N) is 1. The highest BCUT2D eigenvalue weighted by Crippen LogP contribution is 2.27. The van der Waals surface area contributed by atoms with Gasteiger partial charge in [-0.2, -0.15) is 4.98 Å².